The van der Waals surface area contributed by atoms with Crippen molar-refractivity contribution in [2.45, 2.75) is 25.5 Å². The molecule has 0 aromatic heterocycles. The summed E-state index contributed by atoms with van der Waals surface area (Å²) in [6.07, 6.45) is 0.192. The van der Waals surface area contributed by atoms with Crippen LogP contribution in [-0.4, -0.2) is 0 Å². The van der Waals surface area contributed by atoms with Gasteiger partial charge in [-0.2, -0.15) is 0 Å². The highest BCUT2D eigenvalue weighted by Crippen LogP contribution is 2.40. The van der Waals surface area contributed by atoms with Crippen LogP contribution in [0.25, 0.3) is 0 Å². The Morgan fingerprint density at radius 2 is 1.95 bits per heavy atom. The van der Waals surface area contributed by atoms with E-state index in [-0.39, 0.29) is 23.8 Å². The van der Waals surface area contributed by atoms with E-state index in [4.69, 9.17) is 10.5 Å². The van der Waals surface area contributed by atoms with E-state index >= 15 is 0 Å². The molecule has 20 heavy (non-hydrogen) atoms. The summed E-state index contributed by atoms with van der Waals surface area (Å²) in [5.74, 6) is -0.0247. The van der Waals surface area contributed by atoms with Gasteiger partial charge in [0.25, 0.3) is 0 Å². The molecule has 2 nitrogen and oxygen atoms in total. The Morgan fingerprint density at radius 3 is 2.70 bits per heavy atom. The van der Waals surface area contributed by atoms with Gasteiger partial charge in [0.15, 0.2) is 0 Å². The van der Waals surface area contributed by atoms with E-state index in [1.165, 1.54) is 18.2 Å². The Morgan fingerprint density at radius 1 is 1.15 bits per heavy atom. The predicted molar refractivity (Wildman–Crippen MR) is 72.5 cm³/mol. The molecule has 1 aliphatic heterocycles. The minimum atomic E-state index is -0.331. The lowest BCUT2D eigenvalue weighted by atomic mass is 9.93. The number of hydrogen-bond acceptors (Lipinski definition) is 2. The van der Waals surface area contributed by atoms with Gasteiger partial charge in [0.1, 0.15) is 23.5 Å². The number of rotatable bonds is 1. The van der Waals surface area contributed by atoms with E-state index in [0.717, 1.165) is 5.56 Å². The predicted octanol–water partition coefficient (Wildman–Crippen LogP) is 3.80. The average molecular weight is 275 g/mol. The molecule has 3 rings (SSSR count). The number of aryl methyl sites for hydroxylation is 1. The Bertz CT molecular complexity index is 657. The molecule has 104 valence electrons. The van der Waals surface area contributed by atoms with Gasteiger partial charge in [-0.3, -0.25) is 0 Å². The Balaban J connectivity index is 1.94. The normalized spacial score (nSPS) is 21.2. The Kier molecular flexibility index (Phi) is 3.18. The van der Waals surface area contributed by atoms with E-state index in [9.17, 15) is 8.78 Å². The second kappa shape index (κ2) is 4.87. The third-order valence-electron chi connectivity index (χ3n) is 3.68. The molecule has 0 aliphatic carbocycles. The fourth-order valence-electron chi connectivity index (χ4n) is 2.49. The van der Waals surface area contributed by atoms with Crippen LogP contribution in [0, 0.1) is 18.6 Å². The molecule has 0 saturated carbocycles. The lowest BCUT2D eigenvalue weighted by molar-refractivity contribution is 0.160. The summed E-state index contributed by atoms with van der Waals surface area (Å²) in [4.78, 5) is 0. The first-order chi connectivity index (χ1) is 9.54. The van der Waals surface area contributed by atoms with Crippen molar-refractivity contribution >= 4 is 0 Å². The Hall–Kier alpha value is -1.94. The van der Waals surface area contributed by atoms with Gasteiger partial charge in [-0.25, -0.2) is 8.78 Å². The number of hydrogen-bond donors (Lipinski definition) is 1. The van der Waals surface area contributed by atoms with Gasteiger partial charge in [-0.1, -0.05) is 12.1 Å². The first-order valence-corrected chi connectivity index (χ1v) is 6.52. The maximum absolute atomic E-state index is 13.6. The summed E-state index contributed by atoms with van der Waals surface area (Å²) in [5, 5.41) is 0. The lowest BCUT2D eigenvalue weighted by Gasteiger charge is -2.30. The molecule has 0 amide bonds. The van der Waals surface area contributed by atoms with Gasteiger partial charge in [0.05, 0.1) is 0 Å². The largest absolute Gasteiger partial charge is 0.485 e. The summed E-state index contributed by atoms with van der Waals surface area (Å²) in [7, 11) is 0. The summed E-state index contributed by atoms with van der Waals surface area (Å²) >= 11 is 0. The topological polar surface area (TPSA) is 35.2 Å². The first kappa shape index (κ1) is 13.1. The molecule has 2 aromatic carbocycles. The van der Waals surface area contributed by atoms with Crippen LogP contribution in [0.5, 0.6) is 5.75 Å². The maximum Gasteiger partial charge on any atom is 0.126 e. The molecule has 0 saturated heterocycles. The van der Waals surface area contributed by atoms with Crippen molar-refractivity contribution in [2.24, 2.45) is 5.73 Å². The maximum atomic E-state index is 13.6. The van der Waals surface area contributed by atoms with Gasteiger partial charge in [0, 0.05) is 18.0 Å². The van der Waals surface area contributed by atoms with Crippen LogP contribution >= 0.6 is 0 Å². The monoisotopic (exact) mass is 275 g/mol. The van der Waals surface area contributed by atoms with Gasteiger partial charge >= 0.3 is 0 Å². The molecule has 0 bridgehead atoms. The van der Waals surface area contributed by atoms with Crippen LogP contribution < -0.4 is 10.5 Å². The molecule has 1 unspecified atom stereocenters. The molecular weight excluding hydrogens is 260 g/mol. The molecule has 1 aliphatic rings. The molecule has 2 aromatic rings. The third kappa shape index (κ3) is 2.27. The summed E-state index contributed by atoms with van der Waals surface area (Å²) in [6, 6.07) is 9.02. The van der Waals surface area contributed by atoms with E-state index < -0.39 is 0 Å². The third-order valence-corrected chi connectivity index (χ3v) is 3.68. The number of nitrogens with two attached hydrogens (primary N) is 1. The molecule has 1 heterocycles. The molecule has 0 spiro atoms. The lowest BCUT2D eigenvalue weighted by Crippen LogP contribution is -2.24. The summed E-state index contributed by atoms with van der Waals surface area (Å²) < 4.78 is 32.7. The SMILES string of the molecule is Cc1ccc(C2C[C@H](N)c3cc(F)ccc3O2)cc1F. The van der Waals surface area contributed by atoms with E-state index in [1.807, 2.05) is 6.07 Å². The molecular formula is C16H15F2NO. The van der Waals surface area contributed by atoms with Crippen LogP contribution in [-0.2, 0) is 0 Å². The minimum absolute atomic E-state index is 0.260. The second-order valence-electron chi connectivity index (χ2n) is 5.14. The van der Waals surface area contributed by atoms with Crippen molar-refractivity contribution in [3.05, 3.63) is 64.7 Å². The zero-order chi connectivity index (χ0) is 14.3. The molecule has 0 radical (unpaired) electrons. The first-order valence-electron chi connectivity index (χ1n) is 6.52. The summed E-state index contributed by atoms with van der Waals surface area (Å²) in [6.45, 7) is 1.71. The fraction of sp³-hybridized carbons (Fsp3) is 0.250. The van der Waals surface area contributed by atoms with Crippen molar-refractivity contribution in [2.75, 3.05) is 0 Å². The zero-order valence-electron chi connectivity index (χ0n) is 11.1. The minimum Gasteiger partial charge on any atom is -0.485 e. The highest BCUT2D eigenvalue weighted by atomic mass is 19.1. The number of fused-ring (bicyclic) bond motifs is 1. The smallest absolute Gasteiger partial charge is 0.126 e. The molecule has 2 atom stereocenters. The number of benzene rings is 2. The van der Waals surface area contributed by atoms with E-state index in [2.05, 4.69) is 0 Å². The fourth-order valence-corrected chi connectivity index (χ4v) is 2.49. The van der Waals surface area contributed by atoms with Crippen molar-refractivity contribution < 1.29 is 13.5 Å². The van der Waals surface area contributed by atoms with Gasteiger partial charge < -0.3 is 10.5 Å². The van der Waals surface area contributed by atoms with Crippen molar-refractivity contribution in [1.29, 1.82) is 0 Å². The van der Waals surface area contributed by atoms with Crippen LogP contribution in [0.1, 0.15) is 35.3 Å². The van der Waals surface area contributed by atoms with Crippen molar-refractivity contribution in [1.82, 2.24) is 0 Å². The van der Waals surface area contributed by atoms with E-state index in [1.54, 1.807) is 19.1 Å². The standard InChI is InChI=1S/C16H15F2NO/c1-9-2-3-10(6-13(9)18)16-8-14(19)12-7-11(17)4-5-15(12)20-16/h2-7,14,16H,8,19H2,1H3/t14-,16?/m0/s1. The molecule has 2 N–H and O–H groups in total. The van der Waals surface area contributed by atoms with Crippen LogP contribution in [0.4, 0.5) is 8.78 Å². The van der Waals surface area contributed by atoms with E-state index in [0.29, 0.717) is 23.3 Å². The Labute approximate surface area is 116 Å². The zero-order valence-corrected chi connectivity index (χ0v) is 11.1. The van der Waals surface area contributed by atoms with Crippen molar-refractivity contribution in [3.63, 3.8) is 0 Å². The number of ether oxygens (including phenoxy) is 1. The van der Waals surface area contributed by atoms with Crippen LogP contribution in [0.15, 0.2) is 36.4 Å². The quantitative estimate of drug-likeness (QED) is 0.859. The van der Waals surface area contributed by atoms with Gasteiger partial charge in [-0.05, 0) is 42.3 Å². The average Bonchev–Trinajstić information content (AvgIpc) is 2.42. The summed E-state index contributed by atoms with van der Waals surface area (Å²) in [5.41, 5.74) is 8.07. The molecule has 0 fully saturated rings. The van der Waals surface area contributed by atoms with Gasteiger partial charge in [0.2, 0.25) is 0 Å². The second-order valence-corrected chi connectivity index (χ2v) is 5.14. The van der Waals surface area contributed by atoms with Crippen molar-refractivity contribution in [3.8, 4) is 5.75 Å². The highest BCUT2D eigenvalue weighted by Gasteiger charge is 2.27. The number of halogens is 2. The van der Waals surface area contributed by atoms with Gasteiger partial charge in [-0.15, -0.1) is 0 Å². The highest BCUT2D eigenvalue weighted by molar-refractivity contribution is 5.39. The molecule has 4 heteroatoms. The van der Waals surface area contributed by atoms with Crippen LogP contribution in [0.2, 0.25) is 0 Å². The van der Waals surface area contributed by atoms with Crippen LogP contribution in [0.3, 0.4) is 0 Å².